The van der Waals surface area contributed by atoms with Crippen molar-refractivity contribution in [1.29, 1.82) is 0 Å². The van der Waals surface area contributed by atoms with E-state index < -0.39 is 7.82 Å². The number of hydrogen-bond donors (Lipinski definition) is 2. The zero-order valence-corrected chi connectivity index (χ0v) is 26.4. The van der Waals surface area contributed by atoms with Crippen molar-refractivity contribution in [3.05, 3.63) is 30.1 Å². The standard InChI is InChI=1S/C33H52NO6P/c1-5-24-28-20-23(35)8-14-33(28,4)27-9-15-32(3)25(6-7-26(32)30(27)31(24)36)21(2)12-18-38-41(37)39-19-13-29(40-41)22-10-16-34-17-11-22/h10-11,16-17,21,23-31,35-36H,5-9,12-15,18-20H2,1-4H3/t21-,23-,24-,25-,26?,27?,28?,29+,30?,31?,32-,33-,41+/m1/s1. The summed E-state index contributed by atoms with van der Waals surface area (Å²) in [6, 6.07) is 3.77. The van der Waals surface area contributed by atoms with E-state index in [4.69, 9.17) is 13.6 Å². The van der Waals surface area contributed by atoms with E-state index in [2.05, 4.69) is 32.7 Å². The molecule has 2 N–H and O–H groups in total. The van der Waals surface area contributed by atoms with Gasteiger partial charge in [0.25, 0.3) is 0 Å². The molecule has 4 saturated carbocycles. The Labute approximate surface area is 246 Å². The third kappa shape index (κ3) is 5.29. The van der Waals surface area contributed by atoms with Crippen molar-refractivity contribution in [1.82, 2.24) is 4.98 Å². The minimum absolute atomic E-state index is 0.200. The number of nitrogens with zero attached hydrogens (tertiary/aromatic N) is 1. The van der Waals surface area contributed by atoms with E-state index in [-0.39, 0.29) is 35.1 Å². The van der Waals surface area contributed by atoms with Gasteiger partial charge in [-0.25, -0.2) is 4.57 Å². The van der Waals surface area contributed by atoms with Crippen LogP contribution in [0.5, 0.6) is 0 Å². The smallest absolute Gasteiger partial charge is 0.393 e. The van der Waals surface area contributed by atoms with E-state index in [1.54, 1.807) is 12.4 Å². The van der Waals surface area contributed by atoms with Crippen LogP contribution in [0.2, 0.25) is 0 Å². The SMILES string of the molecule is CC[C@H]1C(O)C2C(CC[C@@]3(C)C2CC[C@@H]3[C@H](C)CCO[P@@]2(=O)OCC[C@@H](c3ccncc3)O2)[C@@]2(C)CC[C@@H](O)CC12. The van der Waals surface area contributed by atoms with Crippen LogP contribution < -0.4 is 0 Å². The Morgan fingerprint density at radius 2 is 1.78 bits per heavy atom. The van der Waals surface area contributed by atoms with Crippen LogP contribution in [-0.4, -0.2) is 40.6 Å². The lowest BCUT2D eigenvalue weighted by molar-refractivity contribution is -0.203. The first-order chi connectivity index (χ1) is 19.6. The lowest BCUT2D eigenvalue weighted by Gasteiger charge is -2.64. The fraction of sp³-hybridized carbons (Fsp3) is 0.848. The van der Waals surface area contributed by atoms with Gasteiger partial charge in [-0.15, -0.1) is 0 Å². The number of aliphatic hydroxyl groups excluding tert-OH is 2. The zero-order valence-electron chi connectivity index (χ0n) is 25.5. The highest BCUT2D eigenvalue weighted by atomic mass is 31.2. The average Bonchev–Trinajstić information content (AvgIpc) is 3.32. The van der Waals surface area contributed by atoms with Crippen LogP contribution in [0, 0.1) is 52.3 Å². The molecule has 0 amide bonds. The fourth-order valence-electron chi connectivity index (χ4n) is 10.9. The molecular formula is C33H52NO6P. The van der Waals surface area contributed by atoms with Crippen LogP contribution in [0.15, 0.2) is 24.5 Å². The molecule has 1 aliphatic heterocycles. The first-order valence-corrected chi connectivity index (χ1v) is 17.9. The lowest BCUT2D eigenvalue weighted by Crippen LogP contribution is -2.62. The van der Waals surface area contributed by atoms with Crippen molar-refractivity contribution in [2.45, 2.75) is 110 Å². The summed E-state index contributed by atoms with van der Waals surface area (Å²) in [4.78, 5) is 4.07. The first-order valence-electron chi connectivity index (χ1n) is 16.4. The highest BCUT2D eigenvalue weighted by Gasteiger charge is 2.64. The van der Waals surface area contributed by atoms with Crippen LogP contribution in [0.25, 0.3) is 0 Å². The highest BCUT2D eigenvalue weighted by Crippen LogP contribution is 2.69. The molecule has 0 bridgehead atoms. The number of rotatable bonds is 7. The third-order valence-corrected chi connectivity index (χ3v) is 14.4. The predicted octanol–water partition coefficient (Wildman–Crippen LogP) is 7.34. The molecule has 0 aromatic carbocycles. The Bertz CT molecular complexity index is 1100. The lowest BCUT2D eigenvalue weighted by atomic mass is 9.41. The number of phosphoric acid groups is 1. The number of phosphoric ester groups is 1. The highest BCUT2D eigenvalue weighted by molar-refractivity contribution is 7.48. The van der Waals surface area contributed by atoms with Crippen molar-refractivity contribution in [3.8, 4) is 0 Å². The summed E-state index contributed by atoms with van der Waals surface area (Å²) in [5.74, 6) is 3.13. The molecule has 1 saturated heterocycles. The molecule has 4 aliphatic carbocycles. The molecule has 2 heterocycles. The maximum atomic E-state index is 13.3. The molecule has 5 aliphatic rings. The van der Waals surface area contributed by atoms with Gasteiger partial charge in [-0.1, -0.05) is 34.1 Å². The van der Waals surface area contributed by atoms with Crippen LogP contribution in [-0.2, 0) is 18.1 Å². The quantitative estimate of drug-likeness (QED) is 0.321. The van der Waals surface area contributed by atoms with E-state index in [0.717, 1.165) is 37.7 Å². The monoisotopic (exact) mass is 589 g/mol. The van der Waals surface area contributed by atoms with Crippen LogP contribution >= 0.6 is 7.82 Å². The topological polar surface area (TPSA) is 98.1 Å². The van der Waals surface area contributed by atoms with Gasteiger partial charge in [0, 0.05) is 18.8 Å². The van der Waals surface area contributed by atoms with Gasteiger partial charge in [-0.05, 0) is 121 Å². The minimum atomic E-state index is -3.60. The van der Waals surface area contributed by atoms with Gasteiger partial charge in [0.15, 0.2) is 0 Å². The maximum Gasteiger partial charge on any atom is 0.475 e. The molecule has 1 aromatic heterocycles. The molecule has 5 fully saturated rings. The summed E-state index contributed by atoms with van der Waals surface area (Å²) in [5.41, 5.74) is 1.37. The molecule has 0 radical (unpaired) electrons. The normalized spacial score (nSPS) is 48.6. The molecule has 230 valence electrons. The largest absolute Gasteiger partial charge is 0.475 e. The van der Waals surface area contributed by atoms with Crippen molar-refractivity contribution < 1.29 is 28.3 Å². The number of aliphatic hydroxyl groups is 2. The zero-order chi connectivity index (χ0) is 29.0. The molecule has 8 heteroatoms. The van der Waals surface area contributed by atoms with E-state index in [9.17, 15) is 14.8 Å². The number of aromatic nitrogens is 1. The van der Waals surface area contributed by atoms with Gasteiger partial charge in [0.05, 0.1) is 31.5 Å². The van der Waals surface area contributed by atoms with Crippen LogP contribution in [0.4, 0.5) is 0 Å². The Balaban J connectivity index is 1.11. The maximum absolute atomic E-state index is 13.3. The number of hydrogen-bond acceptors (Lipinski definition) is 7. The Hall–Kier alpha value is -0.820. The molecule has 6 rings (SSSR count). The van der Waals surface area contributed by atoms with Crippen LogP contribution in [0.3, 0.4) is 0 Å². The summed E-state index contributed by atoms with van der Waals surface area (Å²) in [6.45, 7) is 10.3. The second-order valence-corrected chi connectivity index (χ2v) is 16.3. The third-order valence-electron chi connectivity index (χ3n) is 12.9. The van der Waals surface area contributed by atoms with Gasteiger partial charge < -0.3 is 10.2 Å². The molecular weight excluding hydrogens is 537 g/mol. The number of fused-ring (bicyclic) bond motifs is 5. The van der Waals surface area contributed by atoms with E-state index >= 15 is 0 Å². The first kappa shape index (κ1) is 30.2. The Kier molecular flexibility index (Phi) is 8.55. The van der Waals surface area contributed by atoms with Gasteiger partial charge in [0.1, 0.15) is 0 Å². The van der Waals surface area contributed by atoms with E-state index in [1.807, 2.05) is 12.1 Å². The van der Waals surface area contributed by atoms with Gasteiger partial charge >= 0.3 is 7.82 Å². The van der Waals surface area contributed by atoms with Crippen molar-refractivity contribution in [3.63, 3.8) is 0 Å². The predicted molar refractivity (Wildman–Crippen MR) is 158 cm³/mol. The summed E-state index contributed by atoms with van der Waals surface area (Å²) in [7, 11) is -3.60. The van der Waals surface area contributed by atoms with Crippen molar-refractivity contribution in [2.75, 3.05) is 13.2 Å². The number of pyridine rings is 1. The van der Waals surface area contributed by atoms with E-state index in [1.165, 1.54) is 25.7 Å². The summed E-state index contributed by atoms with van der Waals surface area (Å²) in [5, 5.41) is 22.5. The van der Waals surface area contributed by atoms with Crippen molar-refractivity contribution in [2.24, 2.45) is 52.3 Å². The summed E-state index contributed by atoms with van der Waals surface area (Å²) >= 11 is 0. The van der Waals surface area contributed by atoms with Crippen LogP contribution in [0.1, 0.15) is 104 Å². The van der Waals surface area contributed by atoms with Crippen molar-refractivity contribution >= 4 is 7.82 Å². The van der Waals surface area contributed by atoms with E-state index in [0.29, 0.717) is 55.1 Å². The summed E-state index contributed by atoms with van der Waals surface area (Å²) < 4.78 is 30.6. The summed E-state index contributed by atoms with van der Waals surface area (Å²) in [6.07, 6.45) is 12.7. The molecule has 41 heavy (non-hydrogen) atoms. The van der Waals surface area contributed by atoms with Gasteiger partial charge in [-0.3, -0.25) is 18.6 Å². The average molecular weight is 590 g/mol. The minimum Gasteiger partial charge on any atom is -0.393 e. The fourth-order valence-corrected chi connectivity index (χ4v) is 12.3. The molecule has 7 nitrogen and oxygen atoms in total. The molecule has 1 aromatic rings. The molecule has 5 unspecified atom stereocenters. The second kappa shape index (κ2) is 11.6. The molecule has 0 spiro atoms. The van der Waals surface area contributed by atoms with Gasteiger partial charge in [0.2, 0.25) is 0 Å². The van der Waals surface area contributed by atoms with Gasteiger partial charge in [-0.2, -0.15) is 0 Å². The molecule has 13 atom stereocenters. The second-order valence-electron chi connectivity index (χ2n) is 14.7. The Morgan fingerprint density at radius 1 is 1.05 bits per heavy atom. The Morgan fingerprint density at radius 3 is 2.54 bits per heavy atom.